The molecule has 2 rings (SSSR count). The van der Waals surface area contributed by atoms with Crippen LogP contribution in [0.15, 0.2) is 54.6 Å². The Morgan fingerprint density at radius 3 is 2.39 bits per heavy atom. The maximum absolute atomic E-state index is 9.65. The Hall–Kier alpha value is -2.00. The van der Waals surface area contributed by atoms with Gasteiger partial charge in [0.1, 0.15) is 5.75 Å². The molecule has 0 bridgehead atoms. The monoisotopic (exact) mass is 243 g/mol. The standard InChI is InChI=1S/C15H17NO2/c1-15(11-17,12-6-5-9-14(18)10-12)16-13-7-3-2-4-8-13/h2-10,16-18H,11H2,1H3. The molecule has 0 saturated heterocycles. The van der Waals surface area contributed by atoms with Crippen molar-refractivity contribution in [1.29, 1.82) is 0 Å². The van der Waals surface area contributed by atoms with Crippen LogP contribution < -0.4 is 5.32 Å². The van der Waals surface area contributed by atoms with Crippen molar-refractivity contribution in [3.8, 4) is 5.75 Å². The zero-order valence-corrected chi connectivity index (χ0v) is 10.3. The fraction of sp³-hybridized carbons (Fsp3) is 0.200. The molecule has 2 aromatic rings. The molecule has 0 spiro atoms. The number of rotatable bonds is 4. The third-order valence-electron chi connectivity index (χ3n) is 2.99. The normalized spacial score (nSPS) is 13.9. The van der Waals surface area contributed by atoms with Gasteiger partial charge in [-0.3, -0.25) is 0 Å². The molecule has 1 atom stereocenters. The van der Waals surface area contributed by atoms with E-state index >= 15 is 0 Å². The van der Waals surface area contributed by atoms with Gasteiger partial charge in [-0.15, -0.1) is 0 Å². The van der Waals surface area contributed by atoms with Crippen LogP contribution in [0, 0.1) is 0 Å². The number of aliphatic hydroxyl groups excluding tert-OH is 1. The molecule has 18 heavy (non-hydrogen) atoms. The summed E-state index contributed by atoms with van der Waals surface area (Å²) in [4.78, 5) is 0. The molecule has 3 nitrogen and oxygen atoms in total. The first-order valence-corrected chi connectivity index (χ1v) is 5.88. The lowest BCUT2D eigenvalue weighted by molar-refractivity contribution is 0.224. The van der Waals surface area contributed by atoms with Crippen LogP contribution >= 0.6 is 0 Å². The van der Waals surface area contributed by atoms with E-state index in [2.05, 4.69) is 5.32 Å². The van der Waals surface area contributed by atoms with Crippen molar-refractivity contribution in [2.45, 2.75) is 12.5 Å². The van der Waals surface area contributed by atoms with Crippen molar-refractivity contribution in [2.75, 3.05) is 11.9 Å². The number of nitrogens with one attached hydrogen (secondary N) is 1. The number of phenolic OH excluding ortho intramolecular Hbond substituents is 1. The summed E-state index contributed by atoms with van der Waals surface area (Å²) in [5.41, 5.74) is 1.14. The van der Waals surface area contributed by atoms with E-state index in [-0.39, 0.29) is 12.4 Å². The first-order valence-electron chi connectivity index (χ1n) is 5.88. The molecule has 0 heterocycles. The van der Waals surface area contributed by atoms with Crippen LogP contribution in [0.4, 0.5) is 5.69 Å². The molecule has 0 aliphatic heterocycles. The lowest BCUT2D eigenvalue weighted by atomic mass is 9.92. The highest BCUT2D eigenvalue weighted by atomic mass is 16.3. The smallest absolute Gasteiger partial charge is 0.115 e. The molecule has 2 aromatic carbocycles. The third kappa shape index (κ3) is 2.63. The average molecular weight is 243 g/mol. The van der Waals surface area contributed by atoms with Gasteiger partial charge in [0.15, 0.2) is 0 Å². The number of aromatic hydroxyl groups is 1. The minimum atomic E-state index is -0.625. The van der Waals surface area contributed by atoms with Crippen LogP contribution in [-0.2, 0) is 5.54 Å². The zero-order chi connectivity index (χ0) is 13.0. The van der Waals surface area contributed by atoms with Gasteiger partial charge in [0.25, 0.3) is 0 Å². The van der Waals surface area contributed by atoms with E-state index in [4.69, 9.17) is 0 Å². The highest BCUT2D eigenvalue weighted by Crippen LogP contribution is 2.27. The highest BCUT2D eigenvalue weighted by molar-refractivity contribution is 5.48. The van der Waals surface area contributed by atoms with E-state index < -0.39 is 5.54 Å². The highest BCUT2D eigenvalue weighted by Gasteiger charge is 2.25. The molecule has 0 radical (unpaired) electrons. The van der Waals surface area contributed by atoms with Crippen LogP contribution in [0.3, 0.4) is 0 Å². The Labute approximate surface area is 107 Å². The number of benzene rings is 2. The Morgan fingerprint density at radius 2 is 1.78 bits per heavy atom. The van der Waals surface area contributed by atoms with Gasteiger partial charge in [0, 0.05) is 5.69 Å². The van der Waals surface area contributed by atoms with Crippen LogP contribution in [0.2, 0.25) is 0 Å². The van der Waals surface area contributed by atoms with E-state index in [1.54, 1.807) is 18.2 Å². The number of hydrogen-bond donors (Lipinski definition) is 3. The fourth-order valence-corrected chi connectivity index (χ4v) is 1.89. The largest absolute Gasteiger partial charge is 0.508 e. The molecule has 3 N–H and O–H groups in total. The van der Waals surface area contributed by atoms with Crippen molar-refractivity contribution in [3.05, 3.63) is 60.2 Å². The first-order chi connectivity index (χ1) is 8.64. The quantitative estimate of drug-likeness (QED) is 0.774. The molecule has 3 heteroatoms. The molecule has 0 aromatic heterocycles. The lowest BCUT2D eigenvalue weighted by Gasteiger charge is -2.30. The number of para-hydroxylation sites is 1. The predicted molar refractivity (Wildman–Crippen MR) is 72.6 cm³/mol. The summed E-state index contributed by atoms with van der Waals surface area (Å²) < 4.78 is 0. The van der Waals surface area contributed by atoms with Crippen molar-refractivity contribution in [3.63, 3.8) is 0 Å². The van der Waals surface area contributed by atoms with E-state index in [0.717, 1.165) is 11.3 Å². The molecule has 0 aliphatic carbocycles. The summed E-state index contributed by atoms with van der Waals surface area (Å²) in [6.45, 7) is 1.83. The summed E-state index contributed by atoms with van der Waals surface area (Å²) in [5, 5.41) is 22.5. The summed E-state index contributed by atoms with van der Waals surface area (Å²) in [7, 11) is 0. The second-order valence-electron chi connectivity index (χ2n) is 4.53. The second kappa shape index (κ2) is 5.10. The van der Waals surface area contributed by atoms with Gasteiger partial charge >= 0.3 is 0 Å². The Morgan fingerprint density at radius 1 is 1.06 bits per heavy atom. The molecular formula is C15H17NO2. The van der Waals surface area contributed by atoms with Gasteiger partial charge in [-0.1, -0.05) is 30.3 Å². The third-order valence-corrected chi connectivity index (χ3v) is 2.99. The van der Waals surface area contributed by atoms with Crippen molar-refractivity contribution in [1.82, 2.24) is 0 Å². The van der Waals surface area contributed by atoms with Gasteiger partial charge in [-0.25, -0.2) is 0 Å². The lowest BCUT2D eigenvalue weighted by Crippen LogP contribution is -2.35. The van der Waals surface area contributed by atoms with Gasteiger partial charge in [-0.2, -0.15) is 0 Å². The zero-order valence-electron chi connectivity index (χ0n) is 10.3. The summed E-state index contributed by atoms with van der Waals surface area (Å²) in [5.74, 6) is 0.196. The Bertz CT molecular complexity index is 513. The SMILES string of the molecule is CC(CO)(Nc1ccccc1)c1cccc(O)c1. The molecule has 1 unspecified atom stereocenters. The van der Waals surface area contributed by atoms with E-state index in [0.29, 0.717) is 0 Å². The van der Waals surface area contributed by atoms with Gasteiger partial charge in [-0.05, 0) is 36.8 Å². The van der Waals surface area contributed by atoms with Crippen molar-refractivity contribution < 1.29 is 10.2 Å². The topological polar surface area (TPSA) is 52.5 Å². The van der Waals surface area contributed by atoms with Crippen LogP contribution in [0.5, 0.6) is 5.75 Å². The number of aliphatic hydroxyl groups is 1. The molecule has 0 aliphatic rings. The summed E-state index contributed by atoms with van der Waals surface area (Å²) >= 11 is 0. The van der Waals surface area contributed by atoms with E-state index in [1.165, 1.54) is 0 Å². The minimum absolute atomic E-state index is 0.0641. The van der Waals surface area contributed by atoms with Gasteiger partial charge < -0.3 is 15.5 Å². The summed E-state index contributed by atoms with van der Waals surface area (Å²) in [6, 6.07) is 16.6. The van der Waals surface area contributed by atoms with Crippen LogP contribution in [0.1, 0.15) is 12.5 Å². The molecule has 0 saturated carbocycles. The van der Waals surface area contributed by atoms with Gasteiger partial charge in [0.2, 0.25) is 0 Å². The maximum atomic E-state index is 9.65. The predicted octanol–water partition coefficient (Wildman–Crippen LogP) is 2.71. The van der Waals surface area contributed by atoms with Crippen LogP contribution in [0.25, 0.3) is 0 Å². The molecule has 0 amide bonds. The molecule has 0 fully saturated rings. The molecular weight excluding hydrogens is 226 g/mol. The van der Waals surface area contributed by atoms with E-state index in [9.17, 15) is 10.2 Å². The number of anilines is 1. The van der Waals surface area contributed by atoms with Crippen molar-refractivity contribution in [2.24, 2.45) is 0 Å². The first kappa shape index (κ1) is 12.5. The summed E-state index contributed by atoms with van der Waals surface area (Å²) in [6.07, 6.45) is 0. The molecule has 94 valence electrons. The van der Waals surface area contributed by atoms with Crippen LogP contribution in [-0.4, -0.2) is 16.8 Å². The Balaban J connectivity index is 2.31. The Kier molecular flexibility index (Phi) is 3.53. The number of phenols is 1. The minimum Gasteiger partial charge on any atom is -0.508 e. The average Bonchev–Trinajstić information content (AvgIpc) is 2.40. The van der Waals surface area contributed by atoms with Gasteiger partial charge in [0.05, 0.1) is 12.1 Å². The van der Waals surface area contributed by atoms with Crippen molar-refractivity contribution >= 4 is 5.69 Å². The second-order valence-corrected chi connectivity index (χ2v) is 4.53. The maximum Gasteiger partial charge on any atom is 0.115 e. The van der Waals surface area contributed by atoms with E-state index in [1.807, 2.05) is 43.3 Å². The number of hydrogen-bond acceptors (Lipinski definition) is 3. The fourth-order valence-electron chi connectivity index (χ4n) is 1.89.